The van der Waals surface area contributed by atoms with Crippen molar-refractivity contribution in [3.63, 3.8) is 0 Å². The zero-order chi connectivity index (χ0) is 103. The Morgan fingerprint density at radius 3 is 1.44 bits per heavy atom. The first-order chi connectivity index (χ1) is 66.0. The van der Waals surface area contributed by atoms with Gasteiger partial charge in [-0.05, 0) is 312 Å². The van der Waals surface area contributed by atoms with Gasteiger partial charge in [0.05, 0.1) is 61.4 Å². The number of aromatic hydroxyl groups is 2. The number of nitrogen functional groups attached to an aromatic ring is 2. The number of carbonyl (C=O) groups excluding carboxylic acids is 1. The Morgan fingerprint density at radius 1 is 0.521 bits per heavy atom. The molecule has 11 aromatic carbocycles. The molecular weight excluding hydrogens is 2030 g/mol. The average molecular weight is 2170 g/mol. The molecule has 0 radical (unpaired) electrons. The highest BCUT2D eigenvalue weighted by Gasteiger charge is 2.52. The Labute approximate surface area is 864 Å². The number of hydrogen-bond acceptors (Lipinski definition) is 19. The Balaban J connectivity index is 0.000000192. The van der Waals surface area contributed by atoms with Gasteiger partial charge in [-0.2, -0.15) is 0 Å². The number of aryl methyl sites for hydroxylation is 8. The molecule has 18 rings (SSSR count). The molecule has 8 N–H and O–H groups in total. The van der Waals surface area contributed by atoms with E-state index in [4.69, 9.17) is 68.9 Å². The number of epoxide rings is 1. The van der Waals surface area contributed by atoms with Gasteiger partial charge in [0.15, 0.2) is 0 Å². The third-order valence-electron chi connectivity index (χ3n) is 23.0. The molecule has 752 valence electrons. The summed E-state index contributed by atoms with van der Waals surface area (Å²) in [5.74, 6) is 5.58. The molecule has 7 aliphatic rings. The van der Waals surface area contributed by atoms with Gasteiger partial charge in [0.1, 0.15) is 83.5 Å². The lowest BCUT2D eigenvalue weighted by Crippen LogP contribution is -2.41. The first-order valence-corrected chi connectivity index (χ1v) is 51.1. The largest absolute Gasteiger partial charge is 0.508 e. The maximum absolute atomic E-state index is 12.1. The number of aliphatic hydroxyl groups is 2. The Bertz CT molecular complexity index is 5840. The fourth-order valence-electron chi connectivity index (χ4n) is 15.2. The fraction of sp³-hybridized carbons (Fsp3) is 0.395. The van der Waals surface area contributed by atoms with Crippen LogP contribution in [0.1, 0.15) is 198 Å². The Hall–Kier alpha value is -10.4. The molecule has 1 amide bonds. The SMILES string of the molecule is BrCc1ccccc1.CC(C)(C)OC(=O)N1CC=C(B2OC(C)(C)C(C)(C)O2)CC1.C[C@H]1CO1.Cc1cc(N)c2c(c1)C[C@@H](C)O2.Cc1cc(N)c2c(c1Br)C[C@@H](C)O2.Cc1cc2c(c([N+](=O)[O-])c1)O[C@H](C)C2.Cc1ccc(O)c(Br)c1.Cc1ccc(O)c(C[C@H](C)O)c1.Cc1ccc(OCc2ccccc2)c(Br)c1.Cc1ccc(OCc2ccccc2)c(C[C@H](C)O)c1.Cc1ccc2c(c1)C[C@@H](C)O2. The van der Waals surface area contributed by atoms with Crippen molar-refractivity contribution in [2.75, 3.05) is 31.2 Å². The minimum atomic E-state index is -0.465. The monoisotopic (exact) mass is 2170 g/mol. The second-order valence-corrected chi connectivity index (χ2v) is 41.6. The van der Waals surface area contributed by atoms with Crippen LogP contribution in [0.5, 0.6) is 46.0 Å². The van der Waals surface area contributed by atoms with Crippen molar-refractivity contribution < 1.29 is 77.3 Å². The molecule has 0 saturated carbocycles. The van der Waals surface area contributed by atoms with E-state index in [-0.39, 0.29) is 65.2 Å². The van der Waals surface area contributed by atoms with E-state index in [2.05, 4.69) is 173 Å². The predicted molar refractivity (Wildman–Crippen MR) is 580 cm³/mol. The summed E-state index contributed by atoms with van der Waals surface area (Å²) in [7, 11) is -0.314. The number of rotatable bonds is 13. The number of nitrogens with two attached hydrogens (primary N) is 2. The molecule has 11 aromatic rings. The van der Waals surface area contributed by atoms with Gasteiger partial charge in [0.25, 0.3) is 0 Å². The number of alkyl halides is 1. The molecule has 0 spiro atoms. The van der Waals surface area contributed by atoms with Crippen LogP contribution in [0.2, 0.25) is 0 Å². The van der Waals surface area contributed by atoms with Crippen LogP contribution in [0.15, 0.2) is 237 Å². The molecule has 2 saturated heterocycles. The standard InChI is InChI=1S/C17H20O2.C16H28BNO4.C14H13BrO.C10H12BrNO.C10H11NO3.C10H13NO.C10H14O2.C10H12O.C7H7BrO.C7H7Br.C3H6O/c1-13-8-9-17(16(10-13)11-14(2)18)19-12-15-6-4-3-5-7-15;1-14(2,3)20-13(19)18-10-8-12(9-11-18)17-21-15(4,5)16(6,7)22-17;1-11-7-8-14(13(15)9-11)16-10-12-5-3-2-4-6-12;1-5-3-8(12)10-7(9(5)11)4-6(2)13-10;1-6-3-8-5-7(2)14-10(8)9(4-6)11(12)13;1-6-3-8-5-7(2)12-10(8)9(11)4-6;1-7-3-4-10(12)9(5-7)6-8(2)11;1-7-3-4-10-9(5-7)6-8(2)11-10;1-5-2-3-7(9)6(8)4-5;8-6-7-4-2-1-3-5-7;1-3-2-4-3/h3-10,14,18H,11-12H2,1-2H3;8H,9-11H2,1-7H3;2-9H,10H2,1H3;3,6H,4,12H2,1-2H3;3-4,7H,5H2,1-2H3;3-4,7H,5,11H2,1-2H3;3-5,8,11-12H,6H2,1-2H3;3-5,8H,6H2,1-2H3;2-4,9H,1H3;1-5H,6H2;3H,2H2,1H3/t14-;;;6-;2*7-;2*8-;;;3-/m0..11101..0/s1. The zero-order valence-corrected chi connectivity index (χ0v) is 91.6. The van der Waals surface area contributed by atoms with Crippen molar-refractivity contribution in [1.29, 1.82) is 0 Å². The highest BCUT2D eigenvalue weighted by atomic mass is 79.9. The number of nitrogens with zero attached hydrogens (tertiary/aromatic N) is 2. The zero-order valence-electron chi connectivity index (χ0n) is 85.3. The summed E-state index contributed by atoms with van der Waals surface area (Å²) >= 11 is 13.6. The number of carbonyl (C=O) groups is 1. The van der Waals surface area contributed by atoms with Crippen LogP contribution in [-0.2, 0) is 75.9 Å². The highest BCUT2D eigenvalue weighted by molar-refractivity contribution is 9.11. The van der Waals surface area contributed by atoms with Crippen molar-refractivity contribution in [3.05, 3.63) is 342 Å². The summed E-state index contributed by atoms with van der Waals surface area (Å²) in [5, 5.41) is 48.7. The van der Waals surface area contributed by atoms with Gasteiger partial charge in [-0.1, -0.05) is 206 Å². The number of amides is 1. The Kier molecular flexibility index (Phi) is 44.9. The van der Waals surface area contributed by atoms with Crippen molar-refractivity contribution in [1.82, 2.24) is 4.90 Å². The smallest absolute Gasteiger partial charge is 0.490 e. The number of fused-ring (bicyclic) bond motifs is 4. The minimum Gasteiger partial charge on any atom is -0.508 e. The number of anilines is 2. The molecule has 0 bridgehead atoms. The molecule has 26 heteroatoms. The number of hydrogen-bond donors (Lipinski definition) is 6. The molecule has 7 aliphatic heterocycles. The predicted octanol–water partition coefficient (Wildman–Crippen LogP) is 27.2. The van der Waals surface area contributed by atoms with E-state index in [1.54, 1.807) is 36.9 Å². The van der Waals surface area contributed by atoms with Crippen LogP contribution >= 0.6 is 63.7 Å². The topological polar surface area (TPSA) is 292 Å². The number of halogens is 4. The quantitative estimate of drug-likeness (QED) is 0.0156. The number of nitro benzene ring substituents is 1. The van der Waals surface area contributed by atoms with Crippen LogP contribution < -0.4 is 39.9 Å². The van der Waals surface area contributed by atoms with Crippen LogP contribution in [0.4, 0.5) is 21.9 Å². The first kappa shape index (κ1) is 115. The highest BCUT2D eigenvalue weighted by Crippen LogP contribution is 2.44. The van der Waals surface area contributed by atoms with E-state index < -0.39 is 11.7 Å². The second-order valence-electron chi connectivity index (χ2n) is 38.5. The maximum atomic E-state index is 12.1. The number of aliphatic hydroxyl groups excluding tert-OH is 2. The number of nitro groups is 1. The molecule has 7 atom stereocenters. The summed E-state index contributed by atoms with van der Waals surface area (Å²) in [6, 6.07) is 69.4. The maximum Gasteiger partial charge on any atom is 0.490 e. The van der Waals surface area contributed by atoms with E-state index in [0.717, 1.165) is 142 Å². The normalized spacial score (nSPS) is 17.1. The van der Waals surface area contributed by atoms with Gasteiger partial charge in [0, 0.05) is 84.2 Å². The summed E-state index contributed by atoms with van der Waals surface area (Å²) in [6.45, 7) is 46.9. The van der Waals surface area contributed by atoms with Gasteiger partial charge in [-0.3, -0.25) is 10.1 Å². The summed E-state index contributed by atoms with van der Waals surface area (Å²) in [5.41, 5.74) is 32.8. The van der Waals surface area contributed by atoms with Crippen molar-refractivity contribution >= 4 is 94.0 Å². The van der Waals surface area contributed by atoms with Crippen molar-refractivity contribution in [2.45, 2.75) is 275 Å². The summed E-state index contributed by atoms with van der Waals surface area (Å²) in [6.07, 6.45) is 8.15. The van der Waals surface area contributed by atoms with Gasteiger partial charge < -0.3 is 84.0 Å². The number of phenols is 2. The van der Waals surface area contributed by atoms with E-state index >= 15 is 0 Å². The van der Waals surface area contributed by atoms with Gasteiger partial charge >= 0.3 is 18.9 Å². The van der Waals surface area contributed by atoms with E-state index in [1.165, 1.54) is 55.6 Å². The fourth-order valence-corrected chi connectivity index (χ4v) is 17.1. The number of phenolic OH excluding ortho intramolecular Hbond substituents is 2. The minimum absolute atomic E-state index is 0.0468. The van der Waals surface area contributed by atoms with Crippen LogP contribution in [0.25, 0.3) is 0 Å². The molecule has 0 aliphatic carbocycles. The van der Waals surface area contributed by atoms with E-state index in [0.29, 0.717) is 62.9 Å². The molecular formula is C114H143BBr4N4O17. The van der Waals surface area contributed by atoms with Crippen molar-refractivity contribution in [2.24, 2.45) is 0 Å². The molecule has 2 fully saturated rings. The summed E-state index contributed by atoms with van der Waals surface area (Å²) in [4.78, 5) is 24.1. The van der Waals surface area contributed by atoms with E-state index in [1.807, 2.05) is 230 Å². The molecule has 0 unspecified atom stereocenters. The van der Waals surface area contributed by atoms with Crippen LogP contribution in [0.3, 0.4) is 0 Å². The summed E-state index contributed by atoms with van der Waals surface area (Å²) < 4.78 is 58.9. The van der Waals surface area contributed by atoms with Crippen LogP contribution in [0, 0.1) is 65.5 Å². The second kappa shape index (κ2) is 54.7. The Morgan fingerprint density at radius 2 is 0.950 bits per heavy atom. The third kappa shape index (κ3) is 38.1. The van der Waals surface area contributed by atoms with Crippen molar-refractivity contribution in [3.8, 4) is 46.0 Å². The lowest BCUT2D eigenvalue weighted by molar-refractivity contribution is -0.385. The van der Waals surface area contributed by atoms with Gasteiger partial charge in [0.2, 0.25) is 5.75 Å². The lowest BCUT2D eigenvalue weighted by atomic mass is 9.75. The first-order valence-electron chi connectivity index (χ1n) is 47.6. The van der Waals surface area contributed by atoms with Gasteiger partial charge in [-0.25, -0.2) is 4.79 Å². The van der Waals surface area contributed by atoms with Crippen LogP contribution in [-0.4, -0.2) is 123 Å². The van der Waals surface area contributed by atoms with E-state index in [9.17, 15) is 25.1 Å². The molecule has 21 nitrogen and oxygen atoms in total. The van der Waals surface area contributed by atoms with Gasteiger partial charge in [-0.15, -0.1) is 0 Å². The molecule has 0 aromatic heterocycles. The average Bonchev–Trinajstić information content (AvgIpc) is 1.59. The third-order valence-corrected chi connectivity index (χ3v) is 26.0. The number of ether oxygens (including phenoxy) is 8. The lowest BCUT2D eigenvalue weighted by Gasteiger charge is -2.32. The molecule has 140 heavy (non-hydrogen) atoms. The number of benzene rings is 11. The molecule has 7 heterocycles.